The molecule has 102 valence electrons. The molecule has 5 nitrogen and oxygen atoms in total. The van der Waals surface area contributed by atoms with Gasteiger partial charge in [-0.25, -0.2) is 4.39 Å². The summed E-state index contributed by atoms with van der Waals surface area (Å²) in [5, 5.41) is 2.28. The van der Waals surface area contributed by atoms with E-state index in [9.17, 15) is 14.0 Å². The fourth-order valence-electron chi connectivity index (χ4n) is 2.12. The van der Waals surface area contributed by atoms with E-state index in [2.05, 4.69) is 5.32 Å². The fraction of sp³-hybridized carbons (Fsp3) is 0.385. The number of halogens is 1. The molecule has 2 amide bonds. The van der Waals surface area contributed by atoms with Crippen molar-refractivity contribution in [2.45, 2.75) is 26.1 Å². The zero-order chi connectivity index (χ0) is 14.0. The molecule has 0 aliphatic carbocycles. The number of hydrogen-bond donors (Lipinski definition) is 2. The molecule has 0 bridgehead atoms. The van der Waals surface area contributed by atoms with Crippen LogP contribution >= 0.6 is 0 Å². The van der Waals surface area contributed by atoms with Crippen LogP contribution in [0.1, 0.15) is 18.1 Å². The standard InChI is InChI=1S/C13H16FN3O2/c1-8-13(19)16-12(18)7-17(8)6-9-2-3-11(14)4-10(9)5-15/h2-4,8H,5-7,15H2,1H3,(H,16,18,19). The minimum absolute atomic E-state index is 0.147. The highest BCUT2D eigenvalue weighted by molar-refractivity contribution is 6.00. The van der Waals surface area contributed by atoms with Crippen molar-refractivity contribution in [3.63, 3.8) is 0 Å². The third kappa shape index (κ3) is 2.97. The van der Waals surface area contributed by atoms with E-state index in [4.69, 9.17) is 5.73 Å². The van der Waals surface area contributed by atoms with Crippen LogP contribution in [0.2, 0.25) is 0 Å². The molecular formula is C13H16FN3O2. The second-order valence-corrected chi connectivity index (χ2v) is 4.61. The van der Waals surface area contributed by atoms with Gasteiger partial charge in [-0.05, 0) is 30.2 Å². The SMILES string of the molecule is CC1C(=O)NC(=O)CN1Cc1ccc(F)cc1CN. The van der Waals surface area contributed by atoms with Gasteiger partial charge in [-0.1, -0.05) is 6.07 Å². The number of hydrogen-bond acceptors (Lipinski definition) is 4. The Hall–Kier alpha value is -1.79. The van der Waals surface area contributed by atoms with Gasteiger partial charge in [-0.3, -0.25) is 19.8 Å². The van der Waals surface area contributed by atoms with E-state index in [0.29, 0.717) is 12.1 Å². The number of nitrogens with zero attached hydrogens (tertiary/aromatic N) is 1. The van der Waals surface area contributed by atoms with Crippen LogP contribution in [0.25, 0.3) is 0 Å². The summed E-state index contributed by atoms with van der Waals surface area (Å²) in [6, 6.07) is 3.98. The minimum Gasteiger partial charge on any atom is -0.326 e. The topological polar surface area (TPSA) is 75.4 Å². The molecule has 2 rings (SSSR count). The Balaban J connectivity index is 2.20. The van der Waals surface area contributed by atoms with Gasteiger partial charge in [0.1, 0.15) is 5.82 Å². The molecule has 0 saturated carbocycles. The lowest BCUT2D eigenvalue weighted by Gasteiger charge is -2.32. The maximum atomic E-state index is 13.1. The van der Waals surface area contributed by atoms with Gasteiger partial charge >= 0.3 is 0 Å². The molecule has 1 aliphatic heterocycles. The lowest BCUT2D eigenvalue weighted by atomic mass is 10.1. The molecule has 0 radical (unpaired) electrons. The third-order valence-electron chi connectivity index (χ3n) is 3.30. The molecule has 1 aromatic rings. The molecular weight excluding hydrogens is 249 g/mol. The Bertz CT molecular complexity index is 519. The average Bonchev–Trinajstić information content (AvgIpc) is 2.37. The molecule has 19 heavy (non-hydrogen) atoms. The predicted molar refractivity (Wildman–Crippen MR) is 67.3 cm³/mol. The van der Waals surface area contributed by atoms with Gasteiger partial charge in [0.25, 0.3) is 0 Å². The van der Waals surface area contributed by atoms with Crippen molar-refractivity contribution in [3.05, 3.63) is 35.1 Å². The monoisotopic (exact) mass is 265 g/mol. The maximum Gasteiger partial charge on any atom is 0.243 e. The zero-order valence-electron chi connectivity index (χ0n) is 10.6. The Kier molecular flexibility index (Phi) is 3.92. The summed E-state index contributed by atoms with van der Waals surface area (Å²) >= 11 is 0. The number of piperazine rings is 1. The van der Waals surface area contributed by atoms with Crippen molar-refractivity contribution in [1.29, 1.82) is 0 Å². The van der Waals surface area contributed by atoms with Gasteiger partial charge < -0.3 is 5.73 Å². The number of rotatable bonds is 3. The number of nitrogens with one attached hydrogen (secondary N) is 1. The van der Waals surface area contributed by atoms with Crippen LogP contribution in [0, 0.1) is 5.82 Å². The number of nitrogens with two attached hydrogens (primary N) is 1. The summed E-state index contributed by atoms with van der Waals surface area (Å²) in [6.07, 6.45) is 0. The normalized spacial score (nSPS) is 20.5. The summed E-state index contributed by atoms with van der Waals surface area (Å²) < 4.78 is 13.1. The lowest BCUT2D eigenvalue weighted by molar-refractivity contribution is -0.139. The molecule has 1 aliphatic rings. The second kappa shape index (κ2) is 5.46. The first kappa shape index (κ1) is 13.6. The van der Waals surface area contributed by atoms with Crippen molar-refractivity contribution < 1.29 is 14.0 Å². The van der Waals surface area contributed by atoms with E-state index in [1.165, 1.54) is 12.1 Å². The molecule has 1 atom stereocenters. The smallest absolute Gasteiger partial charge is 0.243 e. The van der Waals surface area contributed by atoms with Crippen LogP contribution < -0.4 is 11.1 Å². The van der Waals surface area contributed by atoms with Crippen LogP contribution in [0.5, 0.6) is 0 Å². The molecule has 0 aromatic heterocycles. The van der Waals surface area contributed by atoms with Crippen molar-refractivity contribution in [2.24, 2.45) is 5.73 Å². The molecule has 0 spiro atoms. The van der Waals surface area contributed by atoms with E-state index in [-0.39, 0.29) is 30.7 Å². The zero-order valence-corrected chi connectivity index (χ0v) is 10.6. The molecule has 1 heterocycles. The Morgan fingerprint density at radius 2 is 2.16 bits per heavy atom. The second-order valence-electron chi connectivity index (χ2n) is 4.61. The van der Waals surface area contributed by atoms with Gasteiger partial charge in [0, 0.05) is 13.1 Å². The first-order chi connectivity index (χ1) is 9.01. The van der Waals surface area contributed by atoms with Crippen molar-refractivity contribution in [3.8, 4) is 0 Å². The summed E-state index contributed by atoms with van der Waals surface area (Å²) in [5.41, 5.74) is 7.10. The lowest BCUT2D eigenvalue weighted by Crippen LogP contribution is -2.56. The number of amides is 2. The van der Waals surface area contributed by atoms with Crippen molar-refractivity contribution in [1.82, 2.24) is 10.2 Å². The first-order valence-corrected chi connectivity index (χ1v) is 6.06. The summed E-state index contributed by atoms with van der Waals surface area (Å²) in [7, 11) is 0. The van der Waals surface area contributed by atoms with Crippen molar-refractivity contribution >= 4 is 11.8 Å². The molecule has 1 unspecified atom stereocenters. The average molecular weight is 265 g/mol. The van der Waals surface area contributed by atoms with Crippen LogP contribution in [-0.4, -0.2) is 29.3 Å². The predicted octanol–water partition coefficient (Wildman–Crippen LogP) is 0.131. The van der Waals surface area contributed by atoms with E-state index >= 15 is 0 Å². The van der Waals surface area contributed by atoms with Gasteiger partial charge in [0.15, 0.2) is 0 Å². The number of carbonyl (C=O) groups excluding carboxylic acids is 2. The Labute approximate surface area is 110 Å². The summed E-state index contributed by atoms with van der Waals surface area (Å²) in [4.78, 5) is 24.7. The molecule has 3 N–H and O–H groups in total. The van der Waals surface area contributed by atoms with E-state index in [1.807, 2.05) is 0 Å². The van der Waals surface area contributed by atoms with E-state index < -0.39 is 6.04 Å². The number of benzene rings is 1. The maximum absolute atomic E-state index is 13.1. The highest BCUT2D eigenvalue weighted by Gasteiger charge is 2.30. The largest absolute Gasteiger partial charge is 0.326 e. The first-order valence-electron chi connectivity index (χ1n) is 6.06. The Morgan fingerprint density at radius 3 is 2.84 bits per heavy atom. The fourth-order valence-corrected chi connectivity index (χ4v) is 2.12. The van der Waals surface area contributed by atoms with Crippen LogP contribution in [0.4, 0.5) is 4.39 Å². The summed E-state index contributed by atoms with van der Waals surface area (Å²) in [6.45, 7) is 2.49. The highest BCUT2D eigenvalue weighted by atomic mass is 19.1. The van der Waals surface area contributed by atoms with Crippen LogP contribution in [0.3, 0.4) is 0 Å². The van der Waals surface area contributed by atoms with Gasteiger partial charge in [0.05, 0.1) is 12.6 Å². The van der Waals surface area contributed by atoms with Gasteiger partial charge in [-0.15, -0.1) is 0 Å². The van der Waals surface area contributed by atoms with Gasteiger partial charge in [-0.2, -0.15) is 0 Å². The molecule has 1 aromatic carbocycles. The van der Waals surface area contributed by atoms with Crippen molar-refractivity contribution in [2.75, 3.05) is 6.54 Å². The summed E-state index contributed by atoms with van der Waals surface area (Å²) in [5.74, 6) is -0.975. The minimum atomic E-state index is -0.395. The number of imide groups is 1. The quantitative estimate of drug-likeness (QED) is 0.762. The Morgan fingerprint density at radius 1 is 1.42 bits per heavy atom. The number of carbonyl (C=O) groups is 2. The van der Waals surface area contributed by atoms with Crippen LogP contribution in [-0.2, 0) is 22.7 Å². The van der Waals surface area contributed by atoms with E-state index in [1.54, 1.807) is 17.9 Å². The third-order valence-corrected chi connectivity index (χ3v) is 3.30. The molecule has 1 fully saturated rings. The highest BCUT2D eigenvalue weighted by Crippen LogP contribution is 2.16. The van der Waals surface area contributed by atoms with E-state index in [0.717, 1.165) is 5.56 Å². The van der Waals surface area contributed by atoms with Gasteiger partial charge in [0.2, 0.25) is 11.8 Å². The van der Waals surface area contributed by atoms with Crippen LogP contribution in [0.15, 0.2) is 18.2 Å². The molecule has 6 heteroatoms. The molecule has 1 saturated heterocycles.